The number of fused-ring (bicyclic) bond motifs is 1. The number of nitrogens with zero attached hydrogens (tertiary/aromatic N) is 1. The zero-order chi connectivity index (χ0) is 22.5. The highest BCUT2D eigenvalue weighted by Crippen LogP contribution is 2.25. The molecule has 0 bridgehead atoms. The summed E-state index contributed by atoms with van der Waals surface area (Å²) in [5.74, 6) is -0.960. The van der Waals surface area contributed by atoms with E-state index in [1.807, 2.05) is 24.3 Å². The van der Waals surface area contributed by atoms with Gasteiger partial charge in [0.15, 0.2) is 0 Å². The second-order valence-corrected chi connectivity index (χ2v) is 7.26. The summed E-state index contributed by atoms with van der Waals surface area (Å²) in [6.07, 6.45) is 1.41. The molecular weight excluding hydrogens is 428 g/mol. The molecule has 0 aliphatic rings. The number of ether oxygens (including phenoxy) is 1. The normalized spacial score (nSPS) is 10.9. The number of carbonyl (C=O) groups is 2. The Bertz CT molecular complexity index is 1350. The second-order valence-electron chi connectivity index (χ2n) is 6.86. The van der Waals surface area contributed by atoms with E-state index >= 15 is 0 Å². The highest BCUT2D eigenvalue weighted by atomic mass is 35.5. The van der Waals surface area contributed by atoms with Crippen LogP contribution in [0.2, 0.25) is 5.02 Å². The van der Waals surface area contributed by atoms with Crippen molar-refractivity contribution in [3.63, 3.8) is 0 Å². The van der Waals surface area contributed by atoms with Gasteiger partial charge in [-0.1, -0.05) is 60.1 Å². The summed E-state index contributed by atoms with van der Waals surface area (Å²) in [6.45, 7) is 0. The van der Waals surface area contributed by atoms with Gasteiger partial charge in [-0.25, -0.2) is 10.2 Å². The fraction of sp³-hybridized carbons (Fsp3) is 0. The second kappa shape index (κ2) is 9.32. The summed E-state index contributed by atoms with van der Waals surface area (Å²) >= 11 is 6.03. The zero-order valence-corrected chi connectivity index (χ0v) is 17.4. The van der Waals surface area contributed by atoms with Crippen molar-refractivity contribution in [1.82, 2.24) is 5.43 Å². The Kier molecular flexibility index (Phi) is 6.14. The number of hydrogen-bond acceptors (Lipinski definition) is 5. The number of phenols is 1. The molecule has 0 aromatic heterocycles. The highest BCUT2D eigenvalue weighted by Gasteiger charge is 2.13. The molecule has 32 heavy (non-hydrogen) atoms. The number of amides is 1. The molecule has 0 heterocycles. The fourth-order valence-corrected chi connectivity index (χ4v) is 3.30. The number of esters is 1. The lowest BCUT2D eigenvalue weighted by atomic mass is 10.1. The summed E-state index contributed by atoms with van der Waals surface area (Å²) in [5.41, 5.74) is 3.36. The number of carbonyl (C=O) groups excluding carboxylic acids is 2. The van der Waals surface area contributed by atoms with Crippen LogP contribution in [0.5, 0.6) is 11.5 Å². The first-order chi connectivity index (χ1) is 15.5. The zero-order valence-electron chi connectivity index (χ0n) is 16.7. The molecule has 0 saturated carbocycles. The Morgan fingerprint density at radius 2 is 1.59 bits per heavy atom. The molecule has 6 nitrogen and oxygen atoms in total. The molecule has 4 aromatic rings. The molecule has 2 N–H and O–H groups in total. The van der Waals surface area contributed by atoms with Gasteiger partial charge < -0.3 is 9.84 Å². The Balaban J connectivity index is 1.44. The van der Waals surface area contributed by atoms with E-state index in [1.165, 1.54) is 12.3 Å². The molecule has 0 aliphatic heterocycles. The molecule has 0 saturated heterocycles. The highest BCUT2D eigenvalue weighted by molar-refractivity contribution is 6.33. The summed E-state index contributed by atoms with van der Waals surface area (Å²) in [6, 6.07) is 23.8. The van der Waals surface area contributed by atoms with Crippen LogP contribution in [0.25, 0.3) is 10.8 Å². The predicted octanol–water partition coefficient (Wildman–Crippen LogP) is 5.18. The molecule has 1 amide bonds. The number of phenolic OH excluding ortho intramolecular Hbond substituents is 1. The summed E-state index contributed by atoms with van der Waals surface area (Å²) in [4.78, 5) is 24.7. The first-order valence-electron chi connectivity index (χ1n) is 9.63. The van der Waals surface area contributed by atoms with Crippen molar-refractivity contribution in [3.05, 3.63) is 107 Å². The average Bonchev–Trinajstić information content (AvgIpc) is 2.79. The van der Waals surface area contributed by atoms with Crippen LogP contribution in [0.15, 0.2) is 90.0 Å². The van der Waals surface area contributed by atoms with E-state index < -0.39 is 11.9 Å². The Morgan fingerprint density at radius 1 is 0.875 bits per heavy atom. The number of aromatic hydroxyl groups is 1. The summed E-state index contributed by atoms with van der Waals surface area (Å²) < 4.78 is 5.37. The molecule has 4 aromatic carbocycles. The molecule has 0 unspecified atom stereocenters. The van der Waals surface area contributed by atoms with E-state index in [4.69, 9.17) is 16.3 Å². The van der Waals surface area contributed by atoms with Crippen LogP contribution in [-0.4, -0.2) is 23.2 Å². The third kappa shape index (κ3) is 4.77. The van der Waals surface area contributed by atoms with Gasteiger partial charge in [-0.2, -0.15) is 5.10 Å². The van der Waals surface area contributed by atoms with Crippen molar-refractivity contribution in [1.29, 1.82) is 0 Å². The standard InChI is InChI=1S/C25H17ClN2O4/c26-22-11-4-3-10-20(22)25(31)32-19-9-5-6-16(12-19)15-27-28-24(30)21-13-17-7-1-2-8-18(17)14-23(21)29/h1-15,29H,(H,28,30)/b27-15+. The number of hydrogen-bond donors (Lipinski definition) is 2. The molecule has 0 atom stereocenters. The smallest absolute Gasteiger partial charge is 0.345 e. The minimum absolute atomic E-state index is 0.114. The molecule has 0 spiro atoms. The third-order valence-corrected chi connectivity index (χ3v) is 4.98. The number of rotatable bonds is 5. The lowest BCUT2D eigenvalue weighted by Gasteiger charge is -2.07. The molecule has 158 valence electrons. The molecule has 7 heteroatoms. The summed E-state index contributed by atoms with van der Waals surface area (Å²) in [7, 11) is 0. The first-order valence-corrected chi connectivity index (χ1v) is 10.0. The van der Waals surface area contributed by atoms with E-state index in [9.17, 15) is 14.7 Å². The van der Waals surface area contributed by atoms with E-state index in [0.717, 1.165) is 10.8 Å². The molecule has 0 radical (unpaired) electrons. The van der Waals surface area contributed by atoms with Crippen molar-refractivity contribution in [2.24, 2.45) is 5.10 Å². The predicted molar refractivity (Wildman–Crippen MR) is 124 cm³/mol. The summed E-state index contributed by atoms with van der Waals surface area (Å²) in [5, 5.41) is 16.0. The van der Waals surface area contributed by atoms with Gasteiger partial charge in [-0.05, 0) is 52.7 Å². The van der Waals surface area contributed by atoms with Crippen molar-refractivity contribution in [2.75, 3.05) is 0 Å². The minimum Gasteiger partial charge on any atom is -0.507 e. The van der Waals surface area contributed by atoms with Crippen molar-refractivity contribution >= 4 is 40.5 Å². The maximum atomic E-state index is 12.4. The van der Waals surface area contributed by atoms with E-state index in [2.05, 4.69) is 10.5 Å². The van der Waals surface area contributed by atoms with Crippen LogP contribution in [0, 0.1) is 0 Å². The van der Waals surface area contributed by atoms with Gasteiger partial charge in [-0.3, -0.25) is 4.79 Å². The fourth-order valence-electron chi connectivity index (χ4n) is 3.08. The average molecular weight is 445 g/mol. The van der Waals surface area contributed by atoms with Gasteiger partial charge in [0.25, 0.3) is 5.91 Å². The third-order valence-electron chi connectivity index (χ3n) is 4.65. The SMILES string of the molecule is O=C(N/N=C/c1cccc(OC(=O)c2ccccc2Cl)c1)c1cc2ccccc2cc1O. The van der Waals surface area contributed by atoms with Crippen molar-refractivity contribution in [2.45, 2.75) is 0 Å². The van der Waals surface area contributed by atoms with Crippen LogP contribution in [0.4, 0.5) is 0 Å². The molecule has 0 fully saturated rings. The van der Waals surface area contributed by atoms with Crippen LogP contribution >= 0.6 is 11.6 Å². The largest absolute Gasteiger partial charge is 0.507 e. The van der Waals surface area contributed by atoms with Crippen LogP contribution in [0.1, 0.15) is 26.3 Å². The Labute approximate surface area is 188 Å². The lowest BCUT2D eigenvalue weighted by Crippen LogP contribution is -2.17. The monoisotopic (exact) mass is 444 g/mol. The van der Waals surface area contributed by atoms with Gasteiger partial charge in [-0.15, -0.1) is 0 Å². The van der Waals surface area contributed by atoms with E-state index in [-0.39, 0.29) is 16.9 Å². The maximum Gasteiger partial charge on any atom is 0.345 e. The minimum atomic E-state index is -0.579. The molecule has 0 aliphatic carbocycles. The van der Waals surface area contributed by atoms with Crippen molar-refractivity contribution in [3.8, 4) is 11.5 Å². The number of hydrazone groups is 1. The first kappa shape index (κ1) is 21.1. The van der Waals surface area contributed by atoms with Crippen molar-refractivity contribution < 1.29 is 19.4 Å². The number of nitrogens with one attached hydrogen (secondary N) is 1. The van der Waals surface area contributed by atoms with E-state index in [1.54, 1.807) is 54.6 Å². The Morgan fingerprint density at radius 3 is 2.38 bits per heavy atom. The van der Waals surface area contributed by atoms with Gasteiger partial charge in [0.1, 0.15) is 11.5 Å². The quantitative estimate of drug-likeness (QED) is 0.192. The number of benzene rings is 4. The maximum absolute atomic E-state index is 12.4. The molecular formula is C25H17ClN2O4. The van der Waals surface area contributed by atoms with Gasteiger partial charge in [0.05, 0.1) is 22.4 Å². The Hall–Kier alpha value is -4.16. The van der Waals surface area contributed by atoms with Crippen LogP contribution in [0.3, 0.4) is 0 Å². The molecule has 4 rings (SSSR count). The van der Waals surface area contributed by atoms with Crippen LogP contribution < -0.4 is 10.2 Å². The van der Waals surface area contributed by atoms with Gasteiger partial charge in [0, 0.05) is 0 Å². The van der Waals surface area contributed by atoms with Gasteiger partial charge in [0.2, 0.25) is 0 Å². The lowest BCUT2D eigenvalue weighted by molar-refractivity contribution is 0.0734. The number of halogens is 1. The van der Waals surface area contributed by atoms with E-state index in [0.29, 0.717) is 16.3 Å². The van der Waals surface area contributed by atoms with Gasteiger partial charge >= 0.3 is 5.97 Å². The topological polar surface area (TPSA) is 88.0 Å². The van der Waals surface area contributed by atoms with Crippen LogP contribution in [-0.2, 0) is 0 Å².